The normalized spacial score (nSPS) is 12.0. The first-order valence-electron chi connectivity index (χ1n) is 8.22. The number of hydrogen-bond acceptors (Lipinski definition) is 4. The Morgan fingerprint density at radius 1 is 1.19 bits per heavy atom. The maximum Gasteiger partial charge on any atom is 0.404 e. The molecule has 0 N–H and O–H groups in total. The summed E-state index contributed by atoms with van der Waals surface area (Å²) in [5, 5.41) is 0. The number of benzene rings is 1. The number of halogens is 3. The zero-order valence-corrected chi connectivity index (χ0v) is 15.4. The number of anilines is 1. The fraction of sp³-hybridized carbons (Fsp3) is 0.333. The molecule has 2 rings (SSSR count). The summed E-state index contributed by atoms with van der Waals surface area (Å²) < 4.78 is 64.0. The van der Waals surface area contributed by atoms with Crippen molar-refractivity contribution in [3.8, 4) is 0 Å². The van der Waals surface area contributed by atoms with Crippen LogP contribution in [0.5, 0.6) is 0 Å². The van der Waals surface area contributed by atoms with Gasteiger partial charge in [0.1, 0.15) is 0 Å². The summed E-state index contributed by atoms with van der Waals surface area (Å²) >= 11 is 0. The van der Waals surface area contributed by atoms with Crippen molar-refractivity contribution in [1.29, 1.82) is 0 Å². The molecule has 0 fully saturated rings. The van der Waals surface area contributed by atoms with Crippen LogP contribution in [0.4, 0.5) is 18.9 Å². The van der Waals surface area contributed by atoms with Gasteiger partial charge in [0.15, 0.2) is 11.5 Å². The molecule has 0 amide bonds. The van der Waals surface area contributed by atoms with Gasteiger partial charge in [-0.25, -0.2) is 8.42 Å². The van der Waals surface area contributed by atoms with Gasteiger partial charge < -0.3 is 0 Å². The van der Waals surface area contributed by atoms with E-state index in [0.717, 1.165) is 0 Å². The molecule has 0 atom stereocenters. The van der Waals surface area contributed by atoms with Gasteiger partial charge in [0, 0.05) is 24.4 Å². The molecule has 0 saturated carbocycles. The number of carbonyl (C=O) groups excluding carboxylic acids is 1. The minimum atomic E-state index is -4.89. The maximum atomic E-state index is 12.8. The molecule has 0 aliphatic rings. The van der Waals surface area contributed by atoms with E-state index in [1.165, 1.54) is 36.7 Å². The Kier molecular flexibility index (Phi) is 6.59. The number of alkyl halides is 3. The first-order chi connectivity index (χ1) is 12.6. The molecule has 27 heavy (non-hydrogen) atoms. The lowest BCUT2D eigenvalue weighted by atomic mass is 10.1. The number of ketones is 1. The van der Waals surface area contributed by atoms with Crippen LogP contribution < -0.4 is 4.31 Å². The van der Waals surface area contributed by atoms with E-state index in [2.05, 4.69) is 4.98 Å². The Balaban J connectivity index is 2.46. The Hall–Kier alpha value is -2.42. The van der Waals surface area contributed by atoms with E-state index in [1.54, 1.807) is 12.1 Å². The van der Waals surface area contributed by atoms with Crippen molar-refractivity contribution in [1.82, 2.24) is 4.98 Å². The molecule has 0 radical (unpaired) electrons. The summed E-state index contributed by atoms with van der Waals surface area (Å²) in [5.74, 6) is -2.19. The van der Waals surface area contributed by atoms with Crippen LogP contribution in [0.1, 0.15) is 35.7 Å². The lowest BCUT2D eigenvalue weighted by molar-refractivity contribution is -0.106. The Labute approximate surface area is 155 Å². The highest BCUT2D eigenvalue weighted by molar-refractivity contribution is 7.92. The van der Waals surface area contributed by atoms with Crippen LogP contribution in [0, 0.1) is 0 Å². The second-order valence-electron chi connectivity index (χ2n) is 5.96. The van der Waals surface area contributed by atoms with Crippen LogP contribution in [-0.4, -0.2) is 31.1 Å². The number of carbonyl (C=O) groups is 1. The average Bonchev–Trinajstić information content (AvgIpc) is 2.59. The van der Waals surface area contributed by atoms with Gasteiger partial charge in [0.2, 0.25) is 10.0 Å². The van der Waals surface area contributed by atoms with Gasteiger partial charge in [0.25, 0.3) is 0 Å². The molecular formula is C18H19F3N2O3S. The third kappa shape index (κ3) is 6.06. The third-order valence-corrected chi connectivity index (χ3v) is 5.37. The molecule has 0 unspecified atom stereocenters. The second-order valence-corrected chi connectivity index (χ2v) is 7.86. The van der Waals surface area contributed by atoms with Gasteiger partial charge in [-0.2, -0.15) is 13.2 Å². The molecule has 0 bridgehead atoms. The Morgan fingerprint density at radius 3 is 2.52 bits per heavy atom. The number of pyridine rings is 1. The summed E-state index contributed by atoms with van der Waals surface area (Å²) in [4.78, 5) is 16.0. The zero-order chi connectivity index (χ0) is 20.1. The number of hydrogen-bond donors (Lipinski definition) is 0. The number of nitrogens with zero attached hydrogens (tertiary/aromatic N) is 2. The standard InChI is InChI=1S/C18H19F3N2O3S/c1-2-5-17(24)15-7-3-8-16(10-15)23(12-14-6-4-9-22-11-14)27(25,26)13-18(19,20)21/h3-4,6-11H,2,5,12-13H2,1H3. The molecule has 146 valence electrons. The van der Waals surface area contributed by atoms with Gasteiger partial charge in [-0.1, -0.05) is 25.1 Å². The monoisotopic (exact) mass is 400 g/mol. The van der Waals surface area contributed by atoms with Gasteiger partial charge in [-0.15, -0.1) is 0 Å². The summed E-state index contributed by atoms with van der Waals surface area (Å²) in [7, 11) is -4.72. The second kappa shape index (κ2) is 8.51. The van der Waals surface area contributed by atoms with E-state index < -0.39 is 22.0 Å². The van der Waals surface area contributed by atoms with E-state index in [4.69, 9.17) is 0 Å². The molecule has 1 aromatic carbocycles. The molecule has 0 saturated heterocycles. The van der Waals surface area contributed by atoms with Gasteiger partial charge >= 0.3 is 6.18 Å². The first-order valence-corrected chi connectivity index (χ1v) is 9.82. The highest BCUT2D eigenvalue weighted by Gasteiger charge is 2.38. The van der Waals surface area contributed by atoms with Gasteiger partial charge in [0.05, 0.1) is 12.2 Å². The van der Waals surface area contributed by atoms with Crippen LogP contribution in [0.3, 0.4) is 0 Å². The molecule has 0 aliphatic heterocycles. The lowest BCUT2D eigenvalue weighted by Crippen LogP contribution is -2.37. The molecule has 0 spiro atoms. The van der Waals surface area contributed by atoms with Crippen LogP contribution in [-0.2, 0) is 16.6 Å². The average molecular weight is 400 g/mol. The molecule has 2 aromatic rings. The first kappa shape index (κ1) is 20.9. The molecule has 0 aliphatic carbocycles. The minimum Gasteiger partial charge on any atom is -0.294 e. The SMILES string of the molecule is CCCC(=O)c1cccc(N(Cc2cccnc2)S(=O)(=O)CC(F)(F)F)c1. The fourth-order valence-electron chi connectivity index (χ4n) is 2.50. The van der Waals surface area contributed by atoms with Gasteiger partial charge in [-0.05, 0) is 30.2 Å². The van der Waals surface area contributed by atoms with E-state index >= 15 is 0 Å². The summed E-state index contributed by atoms with van der Waals surface area (Å²) in [6.45, 7) is 1.50. The van der Waals surface area contributed by atoms with Crippen molar-refractivity contribution >= 4 is 21.5 Å². The van der Waals surface area contributed by atoms with Crippen molar-refractivity contribution in [2.45, 2.75) is 32.5 Å². The maximum absolute atomic E-state index is 12.8. The molecular weight excluding hydrogens is 381 g/mol. The zero-order valence-electron chi connectivity index (χ0n) is 14.6. The predicted octanol–water partition coefficient (Wildman–Crippen LogP) is 3.96. The quantitative estimate of drug-likeness (QED) is 0.629. The summed E-state index contributed by atoms with van der Waals surface area (Å²) in [5.41, 5.74) is 0.686. The number of aromatic nitrogens is 1. The van der Waals surface area contributed by atoms with E-state index in [9.17, 15) is 26.4 Å². The van der Waals surface area contributed by atoms with Gasteiger partial charge in [-0.3, -0.25) is 14.1 Å². The minimum absolute atomic E-state index is 0.00468. The molecule has 9 heteroatoms. The van der Waals surface area contributed by atoms with Crippen LogP contribution in [0.25, 0.3) is 0 Å². The Bertz CT molecular complexity index is 884. The van der Waals surface area contributed by atoms with Crippen LogP contribution in [0.2, 0.25) is 0 Å². The van der Waals surface area contributed by atoms with E-state index in [1.807, 2.05) is 6.92 Å². The van der Waals surface area contributed by atoms with Crippen molar-refractivity contribution < 1.29 is 26.4 Å². The number of Topliss-reactive ketones (excluding diaryl/α,β-unsaturated/α-hetero) is 1. The summed E-state index contributed by atoms with van der Waals surface area (Å²) in [6, 6.07) is 8.77. The van der Waals surface area contributed by atoms with Crippen LogP contribution in [0.15, 0.2) is 48.8 Å². The van der Waals surface area contributed by atoms with E-state index in [-0.39, 0.29) is 30.0 Å². The fourth-order valence-corrected chi connectivity index (χ4v) is 3.85. The number of rotatable bonds is 8. The smallest absolute Gasteiger partial charge is 0.294 e. The predicted molar refractivity (Wildman–Crippen MR) is 95.9 cm³/mol. The van der Waals surface area contributed by atoms with Crippen molar-refractivity contribution in [3.63, 3.8) is 0 Å². The summed E-state index contributed by atoms with van der Waals surface area (Å²) in [6.07, 6.45) is -1.16. The number of sulfonamides is 1. The van der Waals surface area contributed by atoms with Crippen LogP contribution >= 0.6 is 0 Å². The largest absolute Gasteiger partial charge is 0.404 e. The Morgan fingerprint density at radius 2 is 1.93 bits per heavy atom. The molecule has 1 aromatic heterocycles. The topological polar surface area (TPSA) is 67.3 Å². The van der Waals surface area contributed by atoms with Crippen molar-refractivity contribution in [2.24, 2.45) is 0 Å². The van der Waals surface area contributed by atoms with Crippen molar-refractivity contribution in [2.75, 3.05) is 10.1 Å². The third-order valence-electron chi connectivity index (χ3n) is 3.66. The highest BCUT2D eigenvalue weighted by Crippen LogP contribution is 2.27. The van der Waals surface area contributed by atoms with E-state index in [0.29, 0.717) is 16.3 Å². The lowest BCUT2D eigenvalue weighted by Gasteiger charge is -2.25. The van der Waals surface area contributed by atoms with Crippen molar-refractivity contribution in [3.05, 3.63) is 59.9 Å². The molecule has 5 nitrogen and oxygen atoms in total. The highest BCUT2D eigenvalue weighted by atomic mass is 32.2. The molecule has 1 heterocycles.